The van der Waals surface area contributed by atoms with E-state index in [-0.39, 0.29) is 21.9 Å². The zero-order valence-electron chi connectivity index (χ0n) is 17.0. The lowest BCUT2D eigenvalue weighted by atomic mass is 9.81. The van der Waals surface area contributed by atoms with Crippen molar-refractivity contribution in [2.45, 2.75) is 105 Å². The summed E-state index contributed by atoms with van der Waals surface area (Å²) in [4.78, 5) is 12.6. The average Bonchev–Trinajstić information content (AvgIpc) is 2.57. The van der Waals surface area contributed by atoms with Gasteiger partial charge >= 0.3 is 0 Å². The largest absolute Gasteiger partial charge is 0.283 e. The number of hydrogen-bond acceptors (Lipinski definition) is 3. The molecule has 0 N–H and O–H groups in total. The molecule has 1 aromatic heterocycles. The molecule has 3 heteroatoms. The van der Waals surface area contributed by atoms with Gasteiger partial charge in [-0.2, -0.15) is 0 Å². The second-order valence-corrected chi connectivity index (χ2v) is 10.5. The third kappa shape index (κ3) is 3.17. The minimum Gasteiger partial charge on any atom is -0.283 e. The average molecular weight is 318 g/mol. The van der Waals surface area contributed by atoms with Gasteiger partial charge in [0.1, 0.15) is 5.82 Å². The molecule has 0 fully saturated rings. The molecule has 0 amide bonds. The quantitative estimate of drug-likeness (QED) is 0.680. The van der Waals surface area contributed by atoms with Crippen LogP contribution >= 0.6 is 0 Å². The van der Waals surface area contributed by atoms with Crippen molar-refractivity contribution < 1.29 is 0 Å². The van der Waals surface area contributed by atoms with Crippen molar-refractivity contribution in [2.75, 3.05) is 0 Å². The highest BCUT2D eigenvalue weighted by molar-refractivity contribution is 5.41. The van der Waals surface area contributed by atoms with E-state index in [9.17, 15) is 0 Å². The van der Waals surface area contributed by atoms with Crippen LogP contribution in [0.2, 0.25) is 0 Å². The van der Waals surface area contributed by atoms with E-state index in [1.165, 1.54) is 17.0 Å². The summed E-state index contributed by atoms with van der Waals surface area (Å²) < 4.78 is 0. The van der Waals surface area contributed by atoms with Crippen molar-refractivity contribution in [3.63, 3.8) is 0 Å². The molecular formula is C20H35N3. The Kier molecular flexibility index (Phi) is 4.01. The predicted molar refractivity (Wildman–Crippen MR) is 97.8 cm³/mol. The summed E-state index contributed by atoms with van der Waals surface area (Å²) in [5.74, 6) is 0.965. The molecule has 23 heavy (non-hydrogen) atoms. The Hall–Kier alpha value is -0.960. The minimum absolute atomic E-state index is 0.0121. The minimum atomic E-state index is -0.0490. The van der Waals surface area contributed by atoms with E-state index in [1.807, 2.05) is 0 Å². The first kappa shape index (κ1) is 18.4. The summed E-state index contributed by atoms with van der Waals surface area (Å²) in [5.41, 5.74) is 3.80. The van der Waals surface area contributed by atoms with E-state index >= 15 is 0 Å². The van der Waals surface area contributed by atoms with Crippen LogP contribution in [-0.4, -0.2) is 20.4 Å². The molecule has 0 aliphatic carbocycles. The van der Waals surface area contributed by atoms with Crippen LogP contribution in [0, 0.1) is 0 Å². The Morgan fingerprint density at radius 1 is 0.826 bits per heavy atom. The highest BCUT2D eigenvalue weighted by Crippen LogP contribution is 2.46. The molecule has 0 atom stereocenters. The zero-order valence-corrected chi connectivity index (χ0v) is 17.0. The first-order chi connectivity index (χ1) is 10.1. The van der Waals surface area contributed by atoms with E-state index in [2.05, 4.69) is 81.1 Å². The Labute approximate surface area is 142 Å². The second-order valence-electron chi connectivity index (χ2n) is 10.5. The van der Waals surface area contributed by atoms with Crippen LogP contribution in [0.5, 0.6) is 0 Å². The number of fused-ring (bicyclic) bond motifs is 1. The Balaban J connectivity index is 2.76. The standard InChI is InChI=1S/C20H35N3/c1-17(2,3)15-14-13(21-16(22-15)18(4,5)6)12-23(19(7,8)9)20(14,10)11/h12H2,1-11H3. The van der Waals surface area contributed by atoms with Crippen LogP contribution in [0.1, 0.15) is 98.9 Å². The summed E-state index contributed by atoms with van der Waals surface area (Å²) in [6.07, 6.45) is 0. The molecule has 0 spiro atoms. The van der Waals surface area contributed by atoms with Crippen molar-refractivity contribution in [1.82, 2.24) is 14.9 Å². The Bertz CT molecular complexity index is 607. The van der Waals surface area contributed by atoms with Crippen LogP contribution < -0.4 is 0 Å². The van der Waals surface area contributed by atoms with Gasteiger partial charge in [0.25, 0.3) is 0 Å². The summed E-state index contributed by atoms with van der Waals surface area (Å²) in [7, 11) is 0. The lowest BCUT2D eigenvalue weighted by Gasteiger charge is -2.43. The Morgan fingerprint density at radius 2 is 1.35 bits per heavy atom. The fourth-order valence-electron chi connectivity index (χ4n) is 3.70. The van der Waals surface area contributed by atoms with Gasteiger partial charge in [0.2, 0.25) is 0 Å². The van der Waals surface area contributed by atoms with Crippen LogP contribution in [0.3, 0.4) is 0 Å². The zero-order chi connectivity index (χ0) is 18.0. The maximum Gasteiger partial charge on any atom is 0.134 e. The van der Waals surface area contributed by atoms with Gasteiger partial charge in [0.15, 0.2) is 0 Å². The molecule has 0 saturated carbocycles. The van der Waals surface area contributed by atoms with Crippen LogP contribution in [0.15, 0.2) is 0 Å². The van der Waals surface area contributed by atoms with Gasteiger partial charge in [0.05, 0.1) is 11.4 Å². The molecule has 0 radical (unpaired) electrons. The molecule has 1 aliphatic rings. The molecule has 1 aliphatic heterocycles. The third-order valence-electron chi connectivity index (χ3n) is 4.77. The van der Waals surface area contributed by atoms with E-state index in [0.717, 1.165) is 12.4 Å². The van der Waals surface area contributed by atoms with Crippen molar-refractivity contribution in [2.24, 2.45) is 0 Å². The molecule has 0 bridgehead atoms. The van der Waals surface area contributed by atoms with Gasteiger partial charge in [-0.15, -0.1) is 0 Å². The second kappa shape index (κ2) is 5.02. The first-order valence-electron chi connectivity index (χ1n) is 8.76. The van der Waals surface area contributed by atoms with Crippen LogP contribution in [0.4, 0.5) is 0 Å². The molecule has 1 aromatic rings. The topological polar surface area (TPSA) is 29.0 Å². The number of nitrogens with zero attached hydrogens (tertiary/aromatic N) is 3. The molecular weight excluding hydrogens is 282 g/mol. The van der Waals surface area contributed by atoms with Crippen molar-refractivity contribution in [3.05, 3.63) is 22.8 Å². The summed E-state index contributed by atoms with van der Waals surface area (Å²) in [5, 5.41) is 0. The third-order valence-corrected chi connectivity index (χ3v) is 4.77. The van der Waals surface area contributed by atoms with Gasteiger partial charge in [-0.3, -0.25) is 4.90 Å². The fraction of sp³-hybridized carbons (Fsp3) is 0.800. The summed E-state index contributed by atoms with van der Waals surface area (Å²) in [6, 6.07) is 0. The number of rotatable bonds is 0. The maximum atomic E-state index is 5.06. The lowest BCUT2D eigenvalue weighted by molar-refractivity contribution is 0.0345. The molecule has 130 valence electrons. The van der Waals surface area contributed by atoms with Crippen molar-refractivity contribution >= 4 is 0 Å². The molecule has 0 aromatic carbocycles. The van der Waals surface area contributed by atoms with Gasteiger partial charge in [-0.1, -0.05) is 41.5 Å². The Morgan fingerprint density at radius 3 is 1.74 bits per heavy atom. The van der Waals surface area contributed by atoms with Crippen molar-refractivity contribution in [3.8, 4) is 0 Å². The molecule has 0 saturated heterocycles. The lowest BCUT2D eigenvalue weighted by Crippen LogP contribution is -2.48. The van der Waals surface area contributed by atoms with E-state index in [4.69, 9.17) is 9.97 Å². The highest BCUT2D eigenvalue weighted by Gasteiger charge is 2.47. The van der Waals surface area contributed by atoms with Gasteiger partial charge < -0.3 is 0 Å². The molecule has 2 rings (SSSR count). The van der Waals surface area contributed by atoms with Crippen molar-refractivity contribution in [1.29, 1.82) is 0 Å². The van der Waals surface area contributed by atoms with Gasteiger partial charge in [-0.25, -0.2) is 9.97 Å². The molecule has 3 nitrogen and oxygen atoms in total. The predicted octanol–water partition coefficient (Wildman–Crippen LogP) is 4.92. The normalized spacial score (nSPS) is 19.1. The van der Waals surface area contributed by atoms with E-state index < -0.39 is 0 Å². The first-order valence-corrected chi connectivity index (χ1v) is 8.76. The van der Waals surface area contributed by atoms with Crippen LogP contribution in [-0.2, 0) is 22.9 Å². The van der Waals surface area contributed by atoms with Gasteiger partial charge in [-0.05, 0) is 34.6 Å². The molecule has 2 heterocycles. The van der Waals surface area contributed by atoms with Crippen LogP contribution in [0.25, 0.3) is 0 Å². The summed E-state index contributed by atoms with van der Waals surface area (Å²) in [6.45, 7) is 25.8. The highest BCUT2D eigenvalue weighted by atomic mass is 15.3. The fourth-order valence-corrected chi connectivity index (χ4v) is 3.70. The van der Waals surface area contributed by atoms with E-state index in [1.54, 1.807) is 0 Å². The SMILES string of the molecule is CC(C)(C)c1nc2c(c(C(C)(C)C)n1)C(C)(C)N(C(C)(C)C)C2. The number of hydrogen-bond donors (Lipinski definition) is 0. The maximum absolute atomic E-state index is 5.06. The monoisotopic (exact) mass is 317 g/mol. The van der Waals surface area contributed by atoms with Gasteiger partial charge in [0, 0.05) is 34.0 Å². The number of aromatic nitrogens is 2. The molecule has 0 unspecified atom stereocenters. The summed E-state index contributed by atoms with van der Waals surface area (Å²) >= 11 is 0. The smallest absolute Gasteiger partial charge is 0.134 e. The van der Waals surface area contributed by atoms with E-state index in [0.29, 0.717) is 0 Å².